The Labute approximate surface area is 112 Å². The van der Waals surface area contributed by atoms with Gasteiger partial charge in [-0.15, -0.1) is 0 Å². The lowest BCUT2D eigenvalue weighted by Crippen LogP contribution is -2.48. The molecule has 1 heterocycles. The Bertz CT molecular complexity index is 239. The average Bonchev–Trinajstić information content (AvgIpc) is 2.84. The summed E-state index contributed by atoms with van der Waals surface area (Å²) in [6.45, 7) is 8.71. The Hall–Kier alpha value is -0.120. The van der Waals surface area contributed by atoms with E-state index in [1.165, 1.54) is 32.2 Å². The van der Waals surface area contributed by atoms with Crippen molar-refractivity contribution in [3.05, 3.63) is 0 Å². The first-order chi connectivity index (χ1) is 8.66. The maximum atomic E-state index is 6.25. The topological polar surface area (TPSA) is 38.5 Å². The molecule has 0 spiro atoms. The van der Waals surface area contributed by atoms with E-state index in [0.29, 0.717) is 12.0 Å². The van der Waals surface area contributed by atoms with Crippen molar-refractivity contribution >= 4 is 0 Å². The number of rotatable bonds is 5. The molecule has 18 heavy (non-hydrogen) atoms. The van der Waals surface area contributed by atoms with Crippen molar-refractivity contribution in [1.29, 1.82) is 0 Å². The maximum Gasteiger partial charge on any atom is 0.0521 e. The van der Waals surface area contributed by atoms with Gasteiger partial charge in [0.25, 0.3) is 0 Å². The number of nitrogens with two attached hydrogens (primary N) is 1. The maximum absolute atomic E-state index is 6.25. The molecule has 0 radical (unpaired) electrons. The van der Waals surface area contributed by atoms with Gasteiger partial charge in [0.05, 0.1) is 6.61 Å². The second-order valence-corrected chi connectivity index (χ2v) is 6.57. The molecule has 0 aromatic carbocycles. The van der Waals surface area contributed by atoms with E-state index in [1.807, 2.05) is 0 Å². The molecule has 0 amide bonds. The summed E-state index contributed by atoms with van der Waals surface area (Å²) in [5.41, 5.74) is 6.25. The van der Waals surface area contributed by atoms with Gasteiger partial charge in [-0.05, 0) is 25.2 Å². The van der Waals surface area contributed by atoms with Crippen LogP contribution < -0.4 is 5.73 Å². The first kappa shape index (κ1) is 14.3. The molecule has 2 unspecified atom stereocenters. The summed E-state index contributed by atoms with van der Waals surface area (Å²) in [4.78, 5) is 2.71. The highest BCUT2D eigenvalue weighted by molar-refractivity contribution is 4.84. The number of hydrogen-bond acceptors (Lipinski definition) is 3. The normalized spacial score (nSPS) is 30.5. The average molecular weight is 254 g/mol. The molecular weight excluding hydrogens is 224 g/mol. The van der Waals surface area contributed by atoms with Crippen molar-refractivity contribution in [1.82, 2.24) is 4.90 Å². The first-order valence-corrected chi connectivity index (χ1v) is 7.74. The highest BCUT2D eigenvalue weighted by Crippen LogP contribution is 2.26. The fraction of sp³-hybridized carbons (Fsp3) is 1.00. The first-order valence-electron chi connectivity index (χ1n) is 7.74. The van der Waals surface area contributed by atoms with Gasteiger partial charge in [-0.25, -0.2) is 0 Å². The van der Waals surface area contributed by atoms with Gasteiger partial charge in [0.1, 0.15) is 0 Å². The highest BCUT2D eigenvalue weighted by atomic mass is 16.5. The summed E-state index contributed by atoms with van der Waals surface area (Å²) in [5, 5.41) is 0. The lowest BCUT2D eigenvalue weighted by molar-refractivity contribution is 0.0170. The molecule has 2 rings (SSSR count). The number of nitrogens with zero attached hydrogens (tertiary/aromatic N) is 1. The Morgan fingerprint density at radius 3 is 2.56 bits per heavy atom. The van der Waals surface area contributed by atoms with Gasteiger partial charge in [-0.1, -0.05) is 26.7 Å². The number of ether oxygens (including phenoxy) is 1. The fourth-order valence-electron chi connectivity index (χ4n) is 3.41. The molecular formula is C15H30N2O. The minimum atomic E-state index is 0.342. The minimum absolute atomic E-state index is 0.342. The molecule has 2 aliphatic rings. The molecule has 0 aromatic rings. The lowest BCUT2D eigenvalue weighted by atomic mass is 9.95. The van der Waals surface area contributed by atoms with Crippen molar-refractivity contribution in [2.24, 2.45) is 17.6 Å². The van der Waals surface area contributed by atoms with Crippen LogP contribution in [-0.4, -0.2) is 43.3 Å². The standard InChI is InChI=1S/C15H30N2O/c1-12(2)9-17(14-5-3-4-6-14)10-13-11-18-8-7-15(13)16/h12-15H,3-11,16H2,1-2H3. The van der Waals surface area contributed by atoms with E-state index < -0.39 is 0 Å². The molecule has 1 saturated heterocycles. The Kier molecular flexibility index (Phi) is 5.46. The fourth-order valence-corrected chi connectivity index (χ4v) is 3.41. The highest BCUT2D eigenvalue weighted by Gasteiger charge is 2.29. The molecule has 1 aliphatic heterocycles. The van der Waals surface area contributed by atoms with Crippen LogP contribution in [0.1, 0.15) is 46.0 Å². The zero-order valence-corrected chi connectivity index (χ0v) is 12.1. The van der Waals surface area contributed by atoms with Crippen molar-refractivity contribution in [2.45, 2.75) is 58.0 Å². The van der Waals surface area contributed by atoms with Crippen molar-refractivity contribution in [2.75, 3.05) is 26.3 Å². The molecule has 1 aliphatic carbocycles. The van der Waals surface area contributed by atoms with Gasteiger partial charge in [0.2, 0.25) is 0 Å². The van der Waals surface area contributed by atoms with Crippen molar-refractivity contribution in [3.8, 4) is 0 Å². The Morgan fingerprint density at radius 1 is 1.22 bits per heavy atom. The smallest absolute Gasteiger partial charge is 0.0521 e. The van der Waals surface area contributed by atoms with Crippen LogP contribution in [0.2, 0.25) is 0 Å². The summed E-state index contributed by atoms with van der Waals surface area (Å²) in [5.74, 6) is 1.28. The van der Waals surface area contributed by atoms with Gasteiger partial charge in [0, 0.05) is 37.7 Å². The molecule has 2 N–H and O–H groups in total. The predicted molar refractivity (Wildman–Crippen MR) is 75.6 cm³/mol. The van der Waals surface area contributed by atoms with Crippen LogP contribution >= 0.6 is 0 Å². The third kappa shape index (κ3) is 3.94. The predicted octanol–water partition coefficient (Wildman–Crippen LogP) is 2.25. The molecule has 3 nitrogen and oxygen atoms in total. The van der Waals surface area contributed by atoms with Gasteiger partial charge in [0.15, 0.2) is 0 Å². The van der Waals surface area contributed by atoms with Crippen LogP contribution in [0.4, 0.5) is 0 Å². The molecule has 3 heteroatoms. The van der Waals surface area contributed by atoms with E-state index in [2.05, 4.69) is 18.7 Å². The van der Waals surface area contributed by atoms with Crippen LogP contribution in [0, 0.1) is 11.8 Å². The molecule has 1 saturated carbocycles. The van der Waals surface area contributed by atoms with E-state index in [4.69, 9.17) is 10.5 Å². The third-order valence-corrected chi connectivity index (χ3v) is 4.44. The molecule has 2 fully saturated rings. The van der Waals surface area contributed by atoms with E-state index >= 15 is 0 Å². The largest absolute Gasteiger partial charge is 0.381 e. The van der Waals surface area contributed by atoms with Crippen LogP contribution in [0.3, 0.4) is 0 Å². The van der Waals surface area contributed by atoms with E-state index in [0.717, 1.165) is 38.1 Å². The molecule has 0 bridgehead atoms. The lowest BCUT2D eigenvalue weighted by Gasteiger charge is -2.37. The van der Waals surface area contributed by atoms with E-state index in [9.17, 15) is 0 Å². The second-order valence-electron chi connectivity index (χ2n) is 6.57. The van der Waals surface area contributed by atoms with Gasteiger partial charge in [-0.2, -0.15) is 0 Å². The Morgan fingerprint density at radius 2 is 1.94 bits per heavy atom. The third-order valence-electron chi connectivity index (χ3n) is 4.44. The van der Waals surface area contributed by atoms with Crippen molar-refractivity contribution < 1.29 is 4.74 Å². The van der Waals surface area contributed by atoms with Crippen molar-refractivity contribution in [3.63, 3.8) is 0 Å². The molecule has 0 aromatic heterocycles. The monoisotopic (exact) mass is 254 g/mol. The molecule has 2 atom stereocenters. The number of hydrogen-bond donors (Lipinski definition) is 1. The zero-order valence-electron chi connectivity index (χ0n) is 12.1. The summed E-state index contributed by atoms with van der Waals surface area (Å²) in [6, 6.07) is 1.15. The van der Waals surface area contributed by atoms with Gasteiger partial charge >= 0.3 is 0 Å². The zero-order chi connectivity index (χ0) is 13.0. The van der Waals surface area contributed by atoms with Crippen LogP contribution in [0.15, 0.2) is 0 Å². The summed E-state index contributed by atoms with van der Waals surface area (Å²) < 4.78 is 5.61. The van der Waals surface area contributed by atoms with E-state index in [-0.39, 0.29) is 0 Å². The summed E-state index contributed by atoms with van der Waals surface area (Å²) in [6.07, 6.45) is 6.62. The minimum Gasteiger partial charge on any atom is -0.381 e. The Balaban J connectivity index is 1.90. The van der Waals surface area contributed by atoms with E-state index in [1.54, 1.807) is 0 Å². The summed E-state index contributed by atoms with van der Waals surface area (Å²) >= 11 is 0. The van der Waals surface area contributed by atoms with Crippen LogP contribution in [-0.2, 0) is 4.74 Å². The van der Waals surface area contributed by atoms with Gasteiger partial charge in [-0.3, -0.25) is 4.90 Å². The van der Waals surface area contributed by atoms with Gasteiger partial charge < -0.3 is 10.5 Å². The quantitative estimate of drug-likeness (QED) is 0.818. The van der Waals surface area contributed by atoms with Crippen LogP contribution in [0.25, 0.3) is 0 Å². The second kappa shape index (κ2) is 6.88. The SMILES string of the molecule is CC(C)CN(CC1COCCC1N)C1CCCC1. The summed E-state index contributed by atoms with van der Waals surface area (Å²) in [7, 11) is 0. The molecule has 106 valence electrons. The van der Waals surface area contributed by atoms with Crippen LogP contribution in [0.5, 0.6) is 0 Å².